The van der Waals surface area contributed by atoms with Crippen LogP contribution in [0, 0.1) is 0 Å². The molecule has 0 aliphatic heterocycles. The van der Waals surface area contributed by atoms with Crippen molar-refractivity contribution in [2.75, 3.05) is 0 Å². The van der Waals surface area contributed by atoms with Gasteiger partial charge in [0.15, 0.2) is 0 Å². The van der Waals surface area contributed by atoms with E-state index < -0.39 is 21.5 Å². The van der Waals surface area contributed by atoms with Gasteiger partial charge < -0.3 is 9.66 Å². The maximum absolute atomic E-state index is 11.6. The van der Waals surface area contributed by atoms with Crippen LogP contribution in [0.25, 0.3) is 0 Å². The minimum atomic E-state index is -4.43. The van der Waals surface area contributed by atoms with E-state index >= 15 is 0 Å². The Morgan fingerprint density at radius 2 is 0.900 bits per heavy atom. The second-order valence-corrected chi connectivity index (χ2v) is 10.4. The molecule has 30 heavy (non-hydrogen) atoms. The van der Waals surface area contributed by atoms with Gasteiger partial charge in [-0.3, -0.25) is 0 Å². The van der Waals surface area contributed by atoms with E-state index in [0.717, 1.165) is 38.5 Å². The van der Waals surface area contributed by atoms with Crippen LogP contribution in [-0.4, -0.2) is 29.4 Å². The second kappa shape index (κ2) is 23.0. The molecule has 0 heterocycles. The Bertz CT molecular complexity index is 442. The van der Waals surface area contributed by atoms with Gasteiger partial charge in [-0.15, -0.1) is 0 Å². The van der Waals surface area contributed by atoms with Crippen LogP contribution in [0.1, 0.15) is 142 Å². The van der Waals surface area contributed by atoms with Gasteiger partial charge in [0.25, 0.3) is 0 Å². The van der Waals surface area contributed by atoms with Crippen molar-refractivity contribution in [3.8, 4) is 0 Å². The fourth-order valence-corrected chi connectivity index (χ4v) is 5.01. The summed E-state index contributed by atoms with van der Waals surface area (Å²) in [5, 5.41) is 9.16. The largest absolute Gasteiger partial charge is 1.00 e. The Kier molecular flexibility index (Phi) is 25.4. The smallest absolute Gasteiger partial charge is 0.748 e. The number of unbranched alkanes of at least 4 members (excludes halogenated alkanes) is 16. The third-order valence-corrected chi connectivity index (χ3v) is 7.29. The van der Waals surface area contributed by atoms with Gasteiger partial charge in [-0.1, -0.05) is 129 Å². The van der Waals surface area contributed by atoms with Crippen molar-refractivity contribution in [1.82, 2.24) is 0 Å². The topological polar surface area (TPSA) is 77.4 Å². The van der Waals surface area contributed by atoms with Crippen LogP contribution < -0.4 is 29.6 Å². The molecule has 2 atom stereocenters. The van der Waals surface area contributed by atoms with Crippen LogP contribution in [0.4, 0.5) is 0 Å². The molecule has 0 bridgehead atoms. The summed E-state index contributed by atoms with van der Waals surface area (Å²) in [5.74, 6) is 0. The van der Waals surface area contributed by atoms with Crippen molar-refractivity contribution in [2.45, 2.75) is 154 Å². The standard InChI is InChI=1S/C24H50O4S.Na/c1-3-5-7-9-11-13-14-16-18-20-22-24(29(26,27)28)23(25)21-19-17-15-12-10-8-6-4-2;/h23-25H,3-22H2,1-2H3,(H,26,27,28);/q;+1/p-1. The Balaban J connectivity index is 0. The molecule has 0 aromatic carbocycles. The zero-order valence-corrected chi connectivity index (χ0v) is 23.2. The predicted octanol–water partition coefficient (Wildman–Crippen LogP) is 4.11. The summed E-state index contributed by atoms with van der Waals surface area (Å²) in [7, 11) is -4.43. The molecule has 0 fully saturated rings. The van der Waals surface area contributed by atoms with Gasteiger partial charge in [0.05, 0.1) is 11.4 Å². The van der Waals surface area contributed by atoms with E-state index in [4.69, 9.17) is 0 Å². The van der Waals surface area contributed by atoms with E-state index in [1.54, 1.807) is 0 Å². The van der Waals surface area contributed by atoms with Crippen LogP contribution in [0.3, 0.4) is 0 Å². The Hall–Kier alpha value is 0.870. The van der Waals surface area contributed by atoms with Gasteiger partial charge in [-0.25, -0.2) is 8.42 Å². The van der Waals surface area contributed by atoms with E-state index in [2.05, 4.69) is 13.8 Å². The van der Waals surface area contributed by atoms with E-state index in [0.29, 0.717) is 12.8 Å². The maximum Gasteiger partial charge on any atom is 1.00 e. The summed E-state index contributed by atoms with van der Waals surface area (Å²) >= 11 is 0. The summed E-state index contributed by atoms with van der Waals surface area (Å²) in [6.45, 7) is 4.43. The zero-order chi connectivity index (χ0) is 21.8. The van der Waals surface area contributed by atoms with Gasteiger partial charge >= 0.3 is 29.6 Å². The molecule has 0 rings (SSSR count). The first kappa shape index (κ1) is 33.0. The SMILES string of the molecule is CCCCCCCCCCCCC(C(O)CCCCCCCCCC)S(=O)(=O)[O-].[Na+]. The average molecular weight is 457 g/mol. The Morgan fingerprint density at radius 1 is 0.600 bits per heavy atom. The molecule has 176 valence electrons. The molecule has 0 aromatic rings. The Morgan fingerprint density at radius 3 is 1.23 bits per heavy atom. The predicted molar refractivity (Wildman–Crippen MR) is 123 cm³/mol. The number of hydrogen-bond acceptors (Lipinski definition) is 4. The maximum atomic E-state index is 11.6. The molecular weight excluding hydrogens is 407 g/mol. The van der Waals surface area contributed by atoms with Crippen molar-refractivity contribution in [1.29, 1.82) is 0 Å². The number of hydrogen-bond donors (Lipinski definition) is 1. The minimum absolute atomic E-state index is 0. The number of rotatable bonds is 22. The summed E-state index contributed by atoms with van der Waals surface area (Å²) < 4.78 is 34.8. The van der Waals surface area contributed by atoms with Crippen LogP contribution in [-0.2, 0) is 10.1 Å². The molecule has 6 heteroatoms. The minimum Gasteiger partial charge on any atom is -0.748 e. The van der Waals surface area contributed by atoms with Gasteiger partial charge in [0, 0.05) is 0 Å². The fourth-order valence-electron chi connectivity index (χ4n) is 4.04. The molecule has 2 unspecified atom stereocenters. The first-order chi connectivity index (χ1) is 13.9. The molecule has 0 aromatic heterocycles. The van der Waals surface area contributed by atoms with Crippen molar-refractivity contribution in [3.05, 3.63) is 0 Å². The monoisotopic (exact) mass is 456 g/mol. The zero-order valence-electron chi connectivity index (χ0n) is 20.4. The second-order valence-electron chi connectivity index (χ2n) is 8.83. The third-order valence-electron chi connectivity index (χ3n) is 6.00. The van der Waals surface area contributed by atoms with Crippen molar-refractivity contribution in [3.63, 3.8) is 0 Å². The molecule has 0 radical (unpaired) electrons. The molecule has 1 N–H and O–H groups in total. The quantitative estimate of drug-likeness (QED) is 0.151. The van der Waals surface area contributed by atoms with E-state index in [9.17, 15) is 18.1 Å². The summed E-state index contributed by atoms with van der Waals surface area (Å²) in [5.41, 5.74) is 0. The molecule has 4 nitrogen and oxygen atoms in total. The number of aliphatic hydroxyl groups excluding tert-OH is 1. The number of aliphatic hydroxyl groups is 1. The van der Waals surface area contributed by atoms with Crippen LogP contribution in [0.2, 0.25) is 0 Å². The molecule has 0 aliphatic carbocycles. The summed E-state index contributed by atoms with van der Waals surface area (Å²) in [6.07, 6.45) is 20.7. The van der Waals surface area contributed by atoms with Gasteiger partial charge in [-0.05, 0) is 12.8 Å². The molecule has 0 saturated heterocycles. The van der Waals surface area contributed by atoms with Crippen molar-refractivity contribution < 1.29 is 47.6 Å². The van der Waals surface area contributed by atoms with E-state index in [-0.39, 0.29) is 29.6 Å². The van der Waals surface area contributed by atoms with Gasteiger partial charge in [-0.2, -0.15) is 0 Å². The fraction of sp³-hybridized carbons (Fsp3) is 1.00. The van der Waals surface area contributed by atoms with Gasteiger partial charge in [0.1, 0.15) is 10.1 Å². The molecule has 0 aliphatic rings. The van der Waals surface area contributed by atoms with E-state index in [1.807, 2.05) is 0 Å². The summed E-state index contributed by atoms with van der Waals surface area (Å²) in [6, 6.07) is 0. The molecule has 0 spiro atoms. The first-order valence-electron chi connectivity index (χ1n) is 12.6. The van der Waals surface area contributed by atoms with Gasteiger partial charge in [0.2, 0.25) is 0 Å². The van der Waals surface area contributed by atoms with Crippen LogP contribution >= 0.6 is 0 Å². The third kappa shape index (κ3) is 20.8. The van der Waals surface area contributed by atoms with E-state index in [1.165, 1.54) is 77.0 Å². The van der Waals surface area contributed by atoms with Crippen molar-refractivity contribution in [2.24, 2.45) is 0 Å². The molecule has 0 saturated carbocycles. The summed E-state index contributed by atoms with van der Waals surface area (Å²) in [4.78, 5) is 0. The van der Waals surface area contributed by atoms with Crippen molar-refractivity contribution >= 4 is 10.1 Å². The normalized spacial score (nSPS) is 13.7. The van der Waals surface area contributed by atoms with Crippen LogP contribution in [0.5, 0.6) is 0 Å². The first-order valence-corrected chi connectivity index (χ1v) is 14.0. The Labute approximate surface area is 210 Å². The molecular formula is C24H49NaO4S. The average Bonchev–Trinajstić information content (AvgIpc) is 2.67. The van der Waals surface area contributed by atoms with Crippen LogP contribution in [0.15, 0.2) is 0 Å². The molecule has 0 amide bonds.